The molecule has 0 bridgehead atoms. The average molecular weight is 154 g/mol. The molecule has 0 radical (unpaired) electrons. The van der Waals surface area contributed by atoms with Gasteiger partial charge in [0.25, 0.3) is 0 Å². The summed E-state index contributed by atoms with van der Waals surface area (Å²) in [7, 11) is 0.871. The molecule has 0 atom stereocenters. The minimum Gasteiger partial charge on any atom is -0.195 e. The fraction of sp³-hybridized carbons (Fsp3) is 0.667. The molecule has 0 aromatic carbocycles. The zero-order chi connectivity index (χ0) is 5.91. The van der Waals surface area contributed by atoms with E-state index in [9.17, 15) is 0 Å². The number of rotatable bonds is 1. The Kier molecular flexibility index (Phi) is 2.66. The predicted octanol–water partition coefficient (Wildman–Crippen LogP) is 0.468. The summed E-state index contributed by atoms with van der Waals surface area (Å²) in [4.78, 5) is 0. The lowest BCUT2D eigenvalue weighted by Gasteiger charge is -2.02. The smallest absolute Gasteiger partial charge is 0.195 e. The first-order valence-corrected chi connectivity index (χ1v) is 4.08. The molecule has 0 aliphatic rings. The van der Waals surface area contributed by atoms with Gasteiger partial charge in [0.1, 0.15) is 6.07 Å². The van der Waals surface area contributed by atoms with Crippen molar-refractivity contribution in [3.05, 3.63) is 0 Å². The lowest BCUT2D eigenvalue weighted by molar-refractivity contribution is 1.12. The minimum atomic E-state index is -1.10. The van der Waals surface area contributed by atoms with Gasteiger partial charge in [0.15, 0.2) is 4.33 Å². The Labute approximate surface area is 55.6 Å². The molecule has 1 nitrogen and oxygen atoms in total. The molecule has 4 heteroatoms. The van der Waals surface area contributed by atoms with Gasteiger partial charge in [-0.25, -0.2) is 0 Å². The van der Waals surface area contributed by atoms with Crippen LogP contribution in [-0.2, 0) is 0 Å². The summed E-state index contributed by atoms with van der Waals surface area (Å²) in [5.41, 5.74) is 0. The fourth-order valence-corrected chi connectivity index (χ4v) is 0.237. The van der Waals surface area contributed by atoms with Gasteiger partial charge >= 0.3 is 0 Å². The van der Waals surface area contributed by atoms with E-state index in [1.807, 2.05) is 0 Å². The zero-order valence-electron chi connectivity index (χ0n) is 3.91. The number of alkyl halides is 2. The molecule has 0 rings (SSSR count). The van der Waals surface area contributed by atoms with E-state index in [0.29, 0.717) is 6.04 Å². The minimum absolute atomic E-state index is 0.604. The third-order valence-corrected chi connectivity index (χ3v) is 3.27. The Bertz CT molecular complexity index is 95.6. The predicted molar refractivity (Wildman–Crippen MR) is 34.8 cm³/mol. The highest BCUT2D eigenvalue weighted by atomic mass is 35.5. The molecule has 0 heterocycles. The molecule has 0 spiro atoms. The van der Waals surface area contributed by atoms with Crippen molar-refractivity contribution in [2.24, 2.45) is 0 Å². The van der Waals surface area contributed by atoms with Crippen LogP contribution in [-0.4, -0.2) is 14.6 Å². The van der Waals surface area contributed by atoms with Crippen LogP contribution in [0, 0.1) is 11.3 Å². The summed E-state index contributed by atoms with van der Waals surface area (Å²) < 4.78 is -1.10. The van der Waals surface area contributed by atoms with Gasteiger partial charge in [-0.15, -0.1) is 0 Å². The van der Waals surface area contributed by atoms with Gasteiger partial charge in [0.05, 0.1) is 0 Å². The van der Waals surface area contributed by atoms with Crippen LogP contribution >= 0.6 is 23.2 Å². The van der Waals surface area contributed by atoms with Crippen LogP contribution in [0.15, 0.2) is 0 Å². The van der Waals surface area contributed by atoms with Gasteiger partial charge in [-0.3, -0.25) is 0 Å². The Morgan fingerprint density at radius 3 is 2.14 bits per heavy atom. The van der Waals surface area contributed by atoms with Crippen LogP contribution in [0.4, 0.5) is 0 Å². The maximum absolute atomic E-state index is 8.10. The lowest BCUT2D eigenvalue weighted by atomic mass is 10.5. The Hall–Kier alpha value is 0.287. The molecular weight excluding hydrogens is 149 g/mol. The fourth-order valence-electron chi connectivity index (χ4n) is 0.0791. The Morgan fingerprint density at radius 1 is 1.71 bits per heavy atom. The van der Waals surface area contributed by atoms with E-state index in [2.05, 4.69) is 0 Å². The Morgan fingerprint density at radius 2 is 2.14 bits per heavy atom. The SMILES string of the molecule is N#CC(Cl)(Cl)C[SiH3]. The molecule has 0 aliphatic carbocycles. The maximum Gasteiger partial charge on any atom is 0.200 e. The van der Waals surface area contributed by atoms with Crippen molar-refractivity contribution < 1.29 is 0 Å². The van der Waals surface area contributed by atoms with E-state index in [1.165, 1.54) is 0 Å². The quantitative estimate of drug-likeness (QED) is 0.397. The molecule has 0 aromatic rings. The molecule has 0 N–H and O–H groups in total. The van der Waals surface area contributed by atoms with E-state index in [0.717, 1.165) is 10.2 Å². The molecule has 0 aliphatic heterocycles. The summed E-state index contributed by atoms with van der Waals surface area (Å²) >= 11 is 10.7. The van der Waals surface area contributed by atoms with E-state index in [4.69, 9.17) is 28.5 Å². The van der Waals surface area contributed by atoms with Gasteiger partial charge in [0.2, 0.25) is 0 Å². The monoisotopic (exact) mass is 153 g/mol. The number of nitriles is 1. The van der Waals surface area contributed by atoms with E-state index in [-0.39, 0.29) is 0 Å². The van der Waals surface area contributed by atoms with Crippen LogP contribution in [0.2, 0.25) is 6.04 Å². The number of halogens is 2. The molecule has 0 aromatic heterocycles. The second-order valence-electron chi connectivity index (χ2n) is 1.17. The summed E-state index contributed by atoms with van der Waals surface area (Å²) in [6, 6.07) is 2.36. The lowest BCUT2D eigenvalue weighted by Crippen LogP contribution is -2.06. The van der Waals surface area contributed by atoms with Gasteiger partial charge in [-0.05, 0) is 6.04 Å². The van der Waals surface area contributed by atoms with Gasteiger partial charge in [0, 0.05) is 10.2 Å². The highest BCUT2D eigenvalue weighted by Gasteiger charge is 2.18. The second-order valence-corrected chi connectivity index (χ2v) is 3.36. The first kappa shape index (κ1) is 7.29. The highest BCUT2D eigenvalue weighted by molar-refractivity contribution is 6.52. The van der Waals surface area contributed by atoms with Crippen molar-refractivity contribution in [3.63, 3.8) is 0 Å². The van der Waals surface area contributed by atoms with Crippen LogP contribution in [0.25, 0.3) is 0 Å². The van der Waals surface area contributed by atoms with Gasteiger partial charge < -0.3 is 0 Å². The highest BCUT2D eigenvalue weighted by Crippen LogP contribution is 2.22. The molecule has 0 amide bonds. The van der Waals surface area contributed by atoms with Crippen molar-refractivity contribution >= 4 is 33.4 Å². The van der Waals surface area contributed by atoms with Crippen LogP contribution in [0.5, 0.6) is 0 Å². The Balaban J connectivity index is 3.66. The zero-order valence-corrected chi connectivity index (χ0v) is 7.42. The third kappa shape index (κ3) is 2.92. The van der Waals surface area contributed by atoms with Crippen molar-refractivity contribution in [1.29, 1.82) is 5.26 Å². The summed E-state index contributed by atoms with van der Waals surface area (Å²) in [6.45, 7) is 0. The van der Waals surface area contributed by atoms with Crippen LogP contribution < -0.4 is 0 Å². The molecule has 0 saturated heterocycles. The van der Waals surface area contributed by atoms with Crippen LogP contribution in [0.3, 0.4) is 0 Å². The van der Waals surface area contributed by atoms with Gasteiger partial charge in [-0.1, -0.05) is 23.2 Å². The summed E-state index contributed by atoms with van der Waals surface area (Å²) in [5, 5.41) is 8.10. The standard InChI is InChI=1S/C3H5Cl2NSi/c4-3(5,1-6)2-7/h2H2,7H3. The van der Waals surface area contributed by atoms with Crippen LogP contribution in [0.1, 0.15) is 0 Å². The maximum atomic E-state index is 8.10. The molecular formula is C3H5Cl2NSi. The molecule has 7 heavy (non-hydrogen) atoms. The molecule has 0 saturated carbocycles. The first-order chi connectivity index (χ1) is 3.12. The van der Waals surface area contributed by atoms with E-state index in [1.54, 1.807) is 6.07 Å². The molecule has 0 fully saturated rings. The number of hydrogen-bond donors (Lipinski definition) is 0. The second kappa shape index (κ2) is 2.56. The van der Waals surface area contributed by atoms with E-state index >= 15 is 0 Å². The summed E-state index contributed by atoms with van der Waals surface area (Å²) in [6.07, 6.45) is 0. The molecule has 0 unspecified atom stereocenters. The number of hydrogen-bond acceptors (Lipinski definition) is 1. The van der Waals surface area contributed by atoms with Crippen molar-refractivity contribution in [3.8, 4) is 6.07 Å². The number of nitrogens with zero attached hydrogens (tertiary/aromatic N) is 1. The average Bonchev–Trinajstić information content (AvgIpc) is 1.68. The van der Waals surface area contributed by atoms with E-state index < -0.39 is 4.33 Å². The summed E-state index contributed by atoms with van der Waals surface area (Å²) in [5.74, 6) is 0. The van der Waals surface area contributed by atoms with Crippen molar-refractivity contribution in [1.82, 2.24) is 0 Å². The van der Waals surface area contributed by atoms with Gasteiger partial charge in [-0.2, -0.15) is 5.26 Å². The van der Waals surface area contributed by atoms with Crippen molar-refractivity contribution in [2.45, 2.75) is 10.4 Å². The van der Waals surface area contributed by atoms with Crippen molar-refractivity contribution in [2.75, 3.05) is 0 Å². The molecule has 40 valence electrons. The normalized spacial score (nSPS) is 11.0. The third-order valence-electron chi connectivity index (χ3n) is 0.608. The topological polar surface area (TPSA) is 23.8 Å². The largest absolute Gasteiger partial charge is 0.200 e. The first-order valence-electron chi connectivity index (χ1n) is 1.91.